The van der Waals surface area contributed by atoms with Crippen molar-refractivity contribution in [3.8, 4) is 0 Å². The maximum atomic E-state index is 12.8. The molecule has 0 aromatic heterocycles. The van der Waals surface area contributed by atoms with Crippen LogP contribution in [0.5, 0.6) is 0 Å². The van der Waals surface area contributed by atoms with Gasteiger partial charge in [0, 0.05) is 45.7 Å². The van der Waals surface area contributed by atoms with Crippen molar-refractivity contribution >= 4 is 17.8 Å². The van der Waals surface area contributed by atoms with Crippen LogP contribution in [0.1, 0.15) is 63.0 Å². The zero-order valence-corrected chi connectivity index (χ0v) is 18.6. The van der Waals surface area contributed by atoms with Crippen LogP contribution in [0.2, 0.25) is 0 Å². The molecular formula is C24H35N3O4. The molecule has 1 aromatic carbocycles. The normalized spacial score (nSPS) is 17.6. The van der Waals surface area contributed by atoms with Gasteiger partial charge in [-0.1, -0.05) is 44.0 Å². The van der Waals surface area contributed by atoms with Gasteiger partial charge in [-0.05, 0) is 36.8 Å². The number of nitrogens with zero attached hydrogens (tertiary/aromatic N) is 2. The molecule has 0 spiro atoms. The summed E-state index contributed by atoms with van der Waals surface area (Å²) in [4.78, 5) is 40.5. The predicted molar refractivity (Wildman–Crippen MR) is 118 cm³/mol. The summed E-state index contributed by atoms with van der Waals surface area (Å²) >= 11 is 0. The van der Waals surface area contributed by atoms with Crippen LogP contribution in [-0.2, 0) is 27.3 Å². The van der Waals surface area contributed by atoms with Crippen molar-refractivity contribution in [2.75, 3.05) is 26.3 Å². The minimum absolute atomic E-state index is 0.0526. The van der Waals surface area contributed by atoms with Crippen LogP contribution >= 0.6 is 0 Å². The molecular weight excluding hydrogens is 394 g/mol. The zero-order chi connectivity index (χ0) is 22.1. The fraction of sp³-hybridized carbons (Fsp3) is 0.625. The number of hydrogen-bond donors (Lipinski definition) is 1. The van der Waals surface area contributed by atoms with E-state index in [0.717, 1.165) is 56.3 Å². The molecule has 1 atom stereocenters. The van der Waals surface area contributed by atoms with Crippen LogP contribution in [0.25, 0.3) is 0 Å². The average Bonchev–Trinajstić information content (AvgIpc) is 3.01. The highest BCUT2D eigenvalue weighted by Crippen LogP contribution is 2.30. The summed E-state index contributed by atoms with van der Waals surface area (Å²) in [5, 5.41) is 2.92. The van der Waals surface area contributed by atoms with Crippen LogP contribution in [-0.4, -0.2) is 60.0 Å². The number of unbranched alkanes of at least 4 members (excludes halogenated alkanes) is 3. The first-order valence-corrected chi connectivity index (χ1v) is 11.6. The van der Waals surface area contributed by atoms with Crippen LogP contribution in [0.15, 0.2) is 24.3 Å². The Morgan fingerprint density at radius 3 is 2.65 bits per heavy atom. The van der Waals surface area contributed by atoms with Gasteiger partial charge in [-0.3, -0.25) is 14.5 Å². The van der Waals surface area contributed by atoms with Gasteiger partial charge in [0.05, 0.1) is 0 Å². The molecule has 1 fully saturated rings. The smallest absolute Gasteiger partial charge is 0.327 e. The quantitative estimate of drug-likeness (QED) is 0.386. The van der Waals surface area contributed by atoms with Crippen LogP contribution in [0.3, 0.4) is 0 Å². The van der Waals surface area contributed by atoms with Gasteiger partial charge in [0.1, 0.15) is 6.04 Å². The SMILES string of the molecule is CCCCOCCCNC(=O)CCCCCN1C(=O)C2Cc3ccccc3CN2C1=O. The predicted octanol–water partition coefficient (Wildman–Crippen LogP) is 3.26. The molecule has 7 heteroatoms. The molecule has 7 nitrogen and oxygen atoms in total. The van der Waals surface area contributed by atoms with Crippen LogP contribution in [0.4, 0.5) is 4.79 Å². The Morgan fingerprint density at radius 2 is 1.84 bits per heavy atom. The summed E-state index contributed by atoms with van der Waals surface area (Å²) in [5.41, 5.74) is 2.28. The van der Waals surface area contributed by atoms with Crippen molar-refractivity contribution in [3.05, 3.63) is 35.4 Å². The third kappa shape index (κ3) is 6.29. The van der Waals surface area contributed by atoms with E-state index in [1.807, 2.05) is 24.3 Å². The molecule has 3 rings (SSSR count). The van der Waals surface area contributed by atoms with E-state index in [4.69, 9.17) is 4.74 Å². The number of amides is 4. The maximum absolute atomic E-state index is 12.8. The second-order valence-electron chi connectivity index (χ2n) is 8.37. The van der Waals surface area contributed by atoms with Crippen molar-refractivity contribution in [3.63, 3.8) is 0 Å². The Balaban J connectivity index is 1.29. The first kappa shape index (κ1) is 23.3. The molecule has 1 aromatic rings. The Morgan fingerprint density at radius 1 is 1.06 bits per heavy atom. The summed E-state index contributed by atoms with van der Waals surface area (Å²) in [6.07, 6.45) is 6.41. The fourth-order valence-electron chi connectivity index (χ4n) is 4.15. The largest absolute Gasteiger partial charge is 0.381 e. The van der Waals surface area contributed by atoms with Gasteiger partial charge in [-0.25, -0.2) is 4.79 Å². The molecule has 1 N–H and O–H groups in total. The first-order valence-electron chi connectivity index (χ1n) is 11.6. The van der Waals surface area contributed by atoms with Gasteiger partial charge in [0.15, 0.2) is 0 Å². The van der Waals surface area contributed by atoms with Gasteiger partial charge in [0.2, 0.25) is 5.91 Å². The van der Waals surface area contributed by atoms with Gasteiger partial charge < -0.3 is 15.0 Å². The number of fused-ring (bicyclic) bond motifs is 2. The lowest BCUT2D eigenvalue weighted by molar-refractivity contribution is -0.128. The molecule has 2 aliphatic heterocycles. The molecule has 2 aliphatic rings. The number of hydrogen-bond acceptors (Lipinski definition) is 4. The summed E-state index contributed by atoms with van der Waals surface area (Å²) in [7, 11) is 0. The number of nitrogens with one attached hydrogen (secondary N) is 1. The third-order valence-corrected chi connectivity index (χ3v) is 5.99. The van der Waals surface area contributed by atoms with E-state index in [9.17, 15) is 14.4 Å². The molecule has 31 heavy (non-hydrogen) atoms. The summed E-state index contributed by atoms with van der Waals surface area (Å²) < 4.78 is 5.47. The summed E-state index contributed by atoms with van der Waals surface area (Å²) in [5.74, 6) is -0.0322. The van der Waals surface area contributed by atoms with E-state index in [1.165, 1.54) is 4.90 Å². The number of rotatable bonds is 13. The van der Waals surface area contributed by atoms with Crippen molar-refractivity contribution < 1.29 is 19.1 Å². The third-order valence-electron chi connectivity index (χ3n) is 5.99. The minimum Gasteiger partial charge on any atom is -0.381 e. The highest BCUT2D eigenvalue weighted by molar-refractivity contribution is 6.04. The van der Waals surface area contributed by atoms with E-state index in [-0.39, 0.29) is 23.9 Å². The lowest BCUT2D eigenvalue weighted by atomic mass is 9.95. The first-order chi connectivity index (χ1) is 15.1. The number of benzene rings is 1. The molecule has 0 bridgehead atoms. The monoisotopic (exact) mass is 429 g/mol. The van der Waals surface area contributed by atoms with E-state index < -0.39 is 0 Å². The summed E-state index contributed by atoms with van der Waals surface area (Å²) in [6.45, 7) is 5.18. The molecule has 0 saturated carbocycles. The second kappa shape index (κ2) is 11.8. The lowest BCUT2D eigenvalue weighted by Gasteiger charge is -2.28. The number of imide groups is 1. The molecule has 2 heterocycles. The van der Waals surface area contributed by atoms with Crippen molar-refractivity contribution in [1.29, 1.82) is 0 Å². The molecule has 4 amide bonds. The summed E-state index contributed by atoms with van der Waals surface area (Å²) in [6, 6.07) is 7.47. The topological polar surface area (TPSA) is 79.0 Å². The number of urea groups is 1. The van der Waals surface area contributed by atoms with Crippen LogP contribution in [0, 0.1) is 0 Å². The average molecular weight is 430 g/mol. The number of carbonyl (C=O) groups excluding carboxylic acids is 3. The highest BCUT2D eigenvalue weighted by Gasteiger charge is 2.46. The van der Waals surface area contributed by atoms with Gasteiger partial charge in [-0.15, -0.1) is 0 Å². The minimum atomic E-state index is -0.362. The molecule has 0 radical (unpaired) electrons. The van der Waals surface area contributed by atoms with Crippen molar-refractivity contribution in [2.45, 2.75) is 70.9 Å². The van der Waals surface area contributed by atoms with Gasteiger partial charge in [-0.2, -0.15) is 0 Å². The van der Waals surface area contributed by atoms with Crippen molar-refractivity contribution in [1.82, 2.24) is 15.1 Å². The van der Waals surface area contributed by atoms with E-state index in [2.05, 4.69) is 12.2 Å². The Bertz CT molecular complexity index is 724. The Hall–Kier alpha value is -2.41. The van der Waals surface area contributed by atoms with Crippen molar-refractivity contribution in [2.24, 2.45) is 0 Å². The van der Waals surface area contributed by atoms with E-state index in [1.54, 1.807) is 4.90 Å². The van der Waals surface area contributed by atoms with Crippen LogP contribution < -0.4 is 5.32 Å². The zero-order valence-electron chi connectivity index (χ0n) is 18.6. The van der Waals surface area contributed by atoms with E-state index >= 15 is 0 Å². The fourth-order valence-corrected chi connectivity index (χ4v) is 4.15. The number of carbonyl (C=O) groups is 3. The second-order valence-corrected chi connectivity index (χ2v) is 8.37. The molecule has 1 unspecified atom stereocenters. The molecule has 0 aliphatic carbocycles. The Labute approximate surface area is 185 Å². The number of ether oxygens (including phenoxy) is 1. The van der Waals surface area contributed by atoms with Gasteiger partial charge in [0.25, 0.3) is 5.91 Å². The van der Waals surface area contributed by atoms with E-state index in [0.29, 0.717) is 39.1 Å². The molecule has 170 valence electrons. The lowest BCUT2D eigenvalue weighted by Crippen LogP contribution is -2.39. The Kier molecular flexibility index (Phi) is 8.88. The van der Waals surface area contributed by atoms with Gasteiger partial charge >= 0.3 is 6.03 Å². The maximum Gasteiger partial charge on any atom is 0.327 e. The molecule has 1 saturated heterocycles. The highest BCUT2D eigenvalue weighted by atomic mass is 16.5. The standard InChI is InChI=1S/C24H35N3O4/c1-2-3-15-31-16-9-13-25-22(28)12-5-4-8-14-26-23(29)21-17-19-10-6-7-11-20(19)18-27(21)24(26)30/h6-7,10-11,21H,2-5,8-9,12-18H2,1H3,(H,25,28).